The van der Waals surface area contributed by atoms with Crippen molar-refractivity contribution in [3.63, 3.8) is 0 Å². The van der Waals surface area contributed by atoms with Crippen LogP contribution in [0.1, 0.15) is 78.6 Å². The van der Waals surface area contributed by atoms with Crippen LogP contribution in [0.2, 0.25) is 0 Å². The molecule has 4 heteroatoms. The van der Waals surface area contributed by atoms with Gasteiger partial charge in [0.25, 0.3) is 0 Å². The smallest absolute Gasteiger partial charge is 0.311 e. The molecule has 0 spiro atoms. The molecule has 0 aliphatic heterocycles. The fourth-order valence-electron chi connectivity index (χ4n) is 8.01. The maximum absolute atomic E-state index is 12.5. The van der Waals surface area contributed by atoms with Crippen molar-refractivity contribution >= 4 is 11.9 Å². The van der Waals surface area contributed by atoms with Crippen LogP contribution in [-0.2, 0) is 19.1 Å². The van der Waals surface area contributed by atoms with Crippen LogP contribution in [0.5, 0.6) is 0 Å². The molecule has 0 unspecified atom stereocenters. The Morgan fingerprint density at radius 1 is 0.889 bits per heavy atom. The second kappa shape index (κ2) is 6.77. The van der Waals surface area contributed by atoms with Gasteiger partial charge in [0.15, 0.2) is 0 Å². The Labute approximate surface area is 163 Å². The van der Waals surface area contributed by atoms with Gasteiger partial charge in [-0.2, -0.15) is 0 Å². The first-order chi connectivity index (χ1) is 12.8. The molecular formula is C23H36O4. The highest BCUT2D eigenvalue weighted by atomic mass is 16.5. The van der Waals surface area contributed by atoms with Crippen LogP contribution in [0, 0.1) is 40.4 Å². The van der Waals surface area contributed by atoms with Crippen molar-refractivity contribution in [3.05, 3.63) is 0 Å². The Bertz CT molecular complexity index is 615. The molecule has 4 fully saturated rings. The third-order valence-electron chi connectivity index (χ3n) is 9.35. The fourth-order valence-corrected chi connectivity index (χ4v) is 8.01. The van der Waals surface area contributed by atoms with Crippen LogP contribution >= 0.6 is 0 Å². The van der Waals surface area contributed by atoms with Gasteiger partial charge in [-0.25, -0.2) is 0 Å². The van der Waals surface area contributed by atoms with Gasteiger partial charge in [-0.1, -0.05) is 6.92 Å². The molecule has 0 aromatic carbocycles. The topological polar surface area (TPSA) is 52.6 Å². The number of rotatable bonds is 2. The van der Waals surface area contributed by atoms with E-state index in [1.54, 1.807) is 7.11 Å². The molecular weight excluding hydrogens is 340 g/mol. The zero-order chi connectivity index (χ0) is 19.4. The Kier molecular flexibility index (Phi) is 4.83. The summed E-state index contributed by atoms with van der Waals surface area (Å²) in [6.45, 7) is 6.21. The van der Waals surface area contributed by atoms with E-state index in [1.807, 2.05) is 0 Å². The largest absolute Gasteiger partial charge is 0.469 e. The van der Waals surface area contributed by atoms with E-state index in [4.69, 9.17) is 9.47 Å². The van der Waals surface area contributed by atoms with E-state index in [2.05, 4.69) is 13.8 Å². The molecule has 8 atom stereocenters. The lowest BCUT2D eigenvalue weighted by Gasteiger charge is -2.59. The highest BCUT2D eigenvalue weighted by Crippen LogP contribution is 2.66. The summed E-state index contributed by atoms with van der Waals surface area (Å²) in [6.07, 6.45) is 10.5. The fraction of sp³-hybridized carbons (Fsp3) is 0.913. The van der Waals surface area contributed by atoms with Gasteiger partial charge in [0.2, 0.25) is 0 Å². The highest BCUT2D eigenvalue weighted by Gasteiger charge is 2.60. The Morgan fingerprint density at radius 3 is 2.30 bits per heavy atom. The van der Waals surface area contributed by atoms with E-state index in [1.165, 1.54) is 45.4 Å². The normalized spacial score (nSPS) is 48.7. The number of hydrogen-bond donors (Lipinski definition) is 0. The average molecular weight is 377 g/mol. The molecule has 0 bridgehead atoms. The first kappa shape index (κ1) is 19.3. The van der Waals surface area contributed by atoms with Gasteiger partial charge >= 0.3 is 11.9 Å². The SMILES string of the molecule is COC(=O)[C@@]1(C)CC[C@H]2[C@@H]3CC[C@H]4C[C@@H](OC(C)=O)CC[C@]4(C)[C@H]3CC[C@@H]21. The highest BCUT2D eigenvalue weighted by molar-refractivity contribution is 5.77. The second-order valence-electron chi connectivity index (χ2n) is 10.4. The van der Waals surface area contributed by atoms with Gasteiger partial charge in [-0.05, 0) is 99.7 Å². The van der Waals surface area contributed by atoms with Crippen LogP contribution in [-0.4, -0.2) is 25.2 Å². The monoisotopic (exact) mass is 376 g/mol. The summed E-state index contributed by atoms with van der Waals surface area (Å²) in [6, 6.07) is 0. The minimum Gasteiger partial charge on any atom is -0.469 e. The van der Waals surface area contributed by atoms with Crippen LogP contribution in [0.3, 0.4) is 0 Å². The minimum absolute atomic E-state index is 0.00948. The van der Waals surface area contributed by atoms with E-state index in [-0.39, 0.29) is 23.5 Å². The Hall–Kier alpha value is -1.06. The van der Waals surface area contributed by atoms with E-state index in [0.29, 0.717) is 23.2 Å². The lowest BCUT2D eigenvalue weighted by molar-refractivity contribution is -0.163. The van der Waals surface area contributed by atoms with Crippen molar-refractivity contribution in [1.29, 1.82) is 0 Å². The van der Waals surface area contributed by atoms with Gasteiger partial charge in [0.05, 0.1) is 12.5 Å². The number of esters is 2. The van der Waals surface area contributed by atoms with E-state index < -0.39 is 0 Å². The van der Waals surface area contributed by atoms with Gasteiger partial charge in [0.1, 0.15) is 6.10 Å². The molecule has 4 rings (SSSR count). The molecule has 0 N–H and O–H groups in total. The van der Waals surface area contributed by atoms with Crippen molar-refractivity contribution in [3.8, 4) is 0 Å². The molecule has 0 heterocycles. The van der Waals surface area contributed by atoms with Crippen LogP contribution < -0.4 is 0 Å². The maximum Gasteiger partial charge on any atom is 0.311 e. The third kappa shape index (κ3) is 2.93. The summed E-state index contributed by atoms with van der Waals surface area (Å²) in [5.41, 5.74) is 0.115. The number of ether oxygens (including phenoxy) is 2. The maximum atomic E-state index is 12.5. The van der Waals surface area contributed by atoms with Crippen molar-refractivity contribution in [1.82, 2.24) is 0 Å². The van der Waals surface area contributed by atoms with Crippen LogP contribution in [0.4, 0.5) is 0 Å². The zero-order valence-electron chi connectivity index (χ0n) is 17.5. The lowest BCUT2D eigenvalue weighted by atomic mass is 9.46. The van der Waals surface area contributed by atoms with Crippen molar-refractivity contribution in [2.24, 2.45) is 40.4 Å². The molecule has 0 amide bonds. The molecule has 27 heavy (non-hydrogen) atoms. The summed E-state index contributed by atoms with van der Waals surface area (Å²) in [5, 5.41) is 0. The van der Waals surface area contributed by atoms with Gasteiger partial charge in [-0.15, -0.1) is 0 Å². The number of carbonyl (C=O) groups is 2. The van der Waals surface area contributed by atoms with Crippen molar-refractivity contribution < 1.29 is 19.1 Å². The molecule has 4 aliphatic carbocycles. The van der Waals surface area contributed by atoms with Gasteiger partial charge in [0, 0.05) is 6.92 Å². The van der Waals surface area contributed by atoms with E-state index >= 15 is 0 Å². The van der Waals surface area contributed by atoms with E-state index in [9.17, 15) is 9.59 Å². The van der Waals surface area contributed by atoms with Crippen LogP contribution in [0.25, 0.3) is 0 Å². The predicted molar refractivity (Wildman–Crippen MR) is 103 cm³/mol. The molecule has 4 aliphatic rings. The number of methoxy groups -OCH3 is 1. The molecule has 0 aromatic heterocycles. The third-order valence-corrected chi connectivity index (χ3v) is 9.35. The standard InChI is InChI=1S/C23H36O4/c1-14(24)27-16-9-11-22(2)15(13-16)5-6-17-18-10-12-23(3,21(25)26-4)20(18)8-7-19(17)22/h15-20H,5-13H2,1-4H3/t15-,16-,17-,18-,19-,20-,22-,23-/m0/s1. The van der Waals surface area contributed by atoms with Crippen LogP contribution in [0.15, 0.2) is 0 Å². The second-order valence-corrected chi connectivity index (χ2v) is 10.4. The Balaban J connectivity index is 1.51. The first-order valence-electron chi connectivity index (χ1n) is 11.0. The zero-order valence-corrected chi connectivity index (χ0v) is 17.5. The lowest BCUT2D eigenvalue weighted by Crippen LogP contribution is -2.53. The first-order valence-corrected chi connectivity index (χ1v) is 11.0. The van der Waals surface area contributed by atoms with Gasteiger partial charge in [-0.3, -0.25) is 9.59 Å². The van der Waals surface area contributed by atoms with Crippen molar-refractivity contribution in [2.75, 3.05) is 7.11 Å². The summed E-state index contributed by atoms with van der Waals surface area (Å²) in [7, 11) is 1.54. The molecule has 0 aromatic rings. The molecule has 4 saturated carbocycles. The molecule has 0 radical (unpaired) electrons. The summed E-state index contributed by atoms with van der Waals surface area (Å²) >= 11 is 0. The Morgan fingerprint density at radius 2 is 1.59 bits per heavy atom. The van der Waals surface area contributed by atoms with Crippen molar-refractivity contribution in [2.45, 2.75) is 84.7 Å². The molecule has 152 valence electrons. The average Bonchev–Trinajstić information content (AvgIpc) is 2.99. The number of carbonyl (C=O) groups excluding carboxylic acids is 2. The summed E-state index contributed by atoms with van der Waals surface area (Å²) < 4.78 is 10.8. The van der Waals surface area contributed by atoms with E-state index in [0.717, 1.165) is 31.1 Å². The number of hydrogen-bond acceptors (Lipinski definition) is 4. The van der Waals surface area contributed by atoms with Gasteiger partial charge < -0.3 is 9.47 Å². The molecule has 0 saturated heterocycles. The predicted octanol–water partition coefficient (Wildman–Crippen LogP) is 4.75. The molecule has 4 nitrogen and oxygen atoms in total. The quantitative estimate of drug-likeness (QED) is 0.653. The summed E-state index contributed by atoms with van der Waals surface area (Å²) in [4.78, 5) is 23.9. The number of fused-ring (bicyclic) bond motifs is 5. The summed E-state index contributed by atoms with van der Waals surface area (Å²) in [5.74, 6) is 3.29. The minimum atomic E-state index is -0.269.